The number of amides is 1. The molecule has 0 atom stereocenters. The number of hydrogen-bond donors (Lipinski definition) is 2. The molecular formula is C25H32N2O6S. The van der Waals surface area contributed by atoms with Crippen molar-refractivity contribution in [3.05, 3.63) is 53.1 Å². The molecule has 2 aliphatic heterocycles. The van der Waals surface area contributed by atoms with Gasteiger partial charge in [-0.15, -0.1) is 0 Å². The number of carbonyl (C=O) groups excluding carboxylic acids is 1. The van der Waals surface area contributed by atoms with Gasteiger partial charge in [-0.2, -0.15) is 0 Å². The predicted molar refractivity (Wildman–Crippen MR) is 128 cm³/mol. The normalized spacial score (nSPS) is 17.4. The van der Waals surface area contributed by atoms with Crippen molar-refractivity contribution in [2.75, 3.05) is 26.6 Å². The summed E-state index contributed by atoms with van der Waals surface area (Å²) in [6, 6.07) is 10.5. The molecule has 0 aliphatic carbocycles. The molecule has 1 saturated heterocycles. The average Bonchev–Trinajstić information content (AvgIpc) is 3.25. The summed E-state index contributed by atoms with van der Waals surface area (Å²) in [5, 5.41) is 3.06. The van der Waals surface area contributed by atoms with E-state index in [1.165, 1.54) is 12.1 Å². The molecule has 0 aromatic heterocycles. The second kappa shape index (κ2) is 9.20. The minimum Gasteiger partial charge on any atom is -0.454 e. The van der Waals surface area contributed by atoms with Gasteiger partial charge >= 0.3 is 0 Å². The third-order valence-electron chi connectivity index (χ3n) is 6.23. The molecular weight excluding hydrogens is 456 g/mol. The summed E-state index contributed by atoms with van der Waals surface area (Å²) in [7, 11) is -3.76. The molecule has 2 N–H and O–H groups in total. The van der Waals surface area contributed by atoms with Crippen LogP contribution in [0.5, 0.6) is 11.5 Å². The van der Waals surface area contributed by atoms with E-state index in [1.807, 2.05) is 18.2 Å². The van der Waals surface area contributed by atoms with Crippen LogP contribution in [0.3, 0.4) is 0 Å². The molecule has 2 aromatic rings. The lowest BCUT2D eigenvalue weighted by Crippen LogP contribution is -2.44. The van der Waals surface area contributed by atoms with Crippen molar-refractivity contribution in [2.24, 2.45) is 0 Å². The summed E-state index contributed by atoms with van der Waals surface area (Å²) >= 11 is 0. The summed E-state index contributed by atoms with van der Waals surface area (Å²) in [4.78, 5) is 13.3. The first-order chi connectivity index (χ1) is 16.0. The fourth-order valence-corrected chi connectivity index (χ4v) is 5.82. The lowest BCUT2D eigenvalue weighted by Gasteiger charge is -2.38. The monoisotopic (exact) mass is 488 g/mol. The summed E-state index contributed by atoms with van der Waals surface area (Å²) in [5.74, 6) is 1.11. The molecule has 9 heteroatoms. The third-order valence-corrected chi connectivity index (χ3v) is 7.98. The SMILES string of the molecule is Cc1ccc(S(=O)(=O)NC(C)(C)C)cc1C(=O)NCC1(c2ccc3c(c2)OCO3)CCOCC1. The van der Waals surface area contributed by atoms with Gasteiger partial charge in [0, 0.05) is 36.3 Å². The quantitative estimate of drug-likeness (QED) is 0.647. The van der Waals surface area contributed by atoms with Gasteiger partial charge in [-0.1, -0.05) is 12.1 Å². The second-order valence-electron chi connectivity index (χ2n) is 9.98. The average molecular weight is 489 g/mol. The van der Waals surface area contributed by atoms with Crippen LogP contribution in [-0.4, -0.2) is 46.4 Å². The molecule has 1 amide bonds. The second-order valence-corrected chi connectivity index (χ2v) is 11.7. The summed E-state index contributed by atoms with van der Waals surface area (Å²) < 4.78 is 44.8. The van der Waals surface area contributed by atoms with Crippen LogP contribution in [-0.2, 0) is 20.2 Å². The van der Waals surface area contributed by atoms with Crippen LogP contribution in [0, 0.1) is 6.92 Å². The molecule has 1 fully saturated rings. The van der Waals surface area contributed by atoms with E-state index in [0.29, 0.717) is 42.4 Å². The first-order valence-electron chi connectivity index (χ1n) is 11.4. The smallest absolute Gasteiger partial charge is 0.251 e. The fourth-order valence-electron chi connectivity index (χ4n) is 4.38. The van der Waals surface area contributed by atoms with Gasteiger partial charge in [-0.3, -0.25) is 4.79 Å². The van der Waals surface area contributed by atoms with Crippen molar-refractivity contribution >= 4 is 15.9 Å². The molecule has 0 unspecified atom stereocenters. The molecule has 2 aromatic carbocycles. The van der Waals surface area contributed by atoms with Crippen LogP contribution < -0.4 is 19.5 Å². The number of fused-ring (bicyclic) bond motifs is 1. The number of sulfonamides is 1. The number of carbonyl (C=O) groups is 1. The first-order valence-corrected chi connectivity index (χ1v) is 12.9. The minimum absolute atomic E-state index is 0.0646. The zero-order valence-corrected chi connectivity index (χ0v) is 20.9. The van der Waals surface area contributed by atoms with Crippen LogP contribution in [0.15, 0.2) is 41.3 Å². The fraction of sp³-hybridized carbons (Fsp3) is 0.480. The third kappa shape index (κ3) is 5.21. The maximum atomic E-state index is 13.2. The number of rotatable bonds is 6. The van der Waals surface area contributed by atoms with Gasteiger partial charge < -0.3 is 19.5 Å². The Hall–Kier alpha value is -2.62. The van der Waals surface area contributed by atoms with E-state index in [2.05, 4.69) is 10.0 Å². The molecule has 8 nitrogen and oxygen atoms in total. The van der Waals surface area contributed by atoms with E-state index in [0.717, 1.165) is 18.4 Å². The highest BCUT2D eigenvalue weighted by Crippen LogP contribution is 2.40. The van der Waals surface area contributed by atoms with Crippen LogP contribution in [0.4, 0.5) is 0 Å². The van der Waals surface area contributed by atoms with Crippen molar-refractivity contribution in [1.29, 1.82) is 0 Å². The highest BCUT2D eigenvalue weighted by Gasteiger charge is 2.36. The molecule has 0 radical (unpaired) electrons. The maximum Gasteiger partial charge on any atom is 0.251 e. The Labute approximate surface area is 201 Å². The number of benzene rings is 2. The van der Waals surface area contributed by atoms with Crippen molar-refractivity contribution in [2.45, 2.75) is 56.4 Å². The number of aryl methyl sites for hydroxylation is 1. The first kappa shape index (κ1) is 24.5. The highest BCUT2D eigenvalue weighted by molar-refractivity contribution is 7.89. The predicted octanol–water partition coefficient (Wildman–Crippen LogP) is 3.28. The number of hydrogen-bond acceptors (Lipinski definition) is 6. The van der Waals surface area contributed by atoms with Crippen LogP contribution >= 0.6 is 0 Å². The van der Waals surface area contributed by atoms with Crippen molar-refractivity contribution in [3.63, 3.8) is 0 Å². The number of nitrogens with one attached hydrogen (secondary N) is 2. The number of ether oxygens (including phenoxy) is 3. The van der Waals surface area contributed by atoms with Crippen molar-refractivity contribution in [1.82, 2.24) is 10.0 Å². The zero-order chi connectivity index (χ0) is 24.6. The Morgan fingerprint density at radius 3 is 2.44 bits per heavy atom. The van der Waals surface area contributed by atoms with Crippen molar-refractivity contribution < 1.29 is 27.4 Å². The summed E-state index contributed by atoms with van der Waals surface area (Å²) in [6.07, 6.45) is 1.49. The Bertz CT molecular complexity index is 1180. The Morgan fingerprint density at radius 1 is 1.03 bits per heavy atom. The van der Waals surface area contributed by atoms with Crippen LogP contribution in [0.2, 0.25) is 0 Å². The van der Waals surface area contributed by atoms with E-state index in [1.54, 1.807) is 33.8 Å². The van der Waals surface area contributed by atoms with Crippen molar-refractivity contribution in [3.8, 4) is 11.5 Å². The van der Waals surface area contributed by atoms with Gasteiger partial charge in [0.2, 0.25) is 16.8 Å². The molecule has 0 saturated carbocycles. The van der Waals surface area contributed by atoms with Gasteiger partial charge in [-0.05, 0) is 75.9 Å². The Morgan fingerprint density at radius 2 is 1.74 bits per heavy atom. The lowest BCUT2D eigenvalue weighted by atomic mass is 9.74. The molecule has 2 heterocycles. The van der Waals surface area contributed by atoms with Gasteiger partial charge in [0.15, 0.2) is 11.5 Å². The zero-order valence-electron chi connectivity index (χ0n) is 20.1. The molecule has 184 valence electrons. The van der Waals surface area contributed by atoms with Crippen LogP contribution in [0.25, 0.3) is 0 Å². The van der Waals surface area contributed by atoms with E-state index in [-0.39, 0.29) is 23.0 Å². The molecule has 0 spiro atoms. The molecule has 34 heavy (non-hydrogen) atoms. The van der Waals surface area contributed by atoms with E-state index < -0.39 is 15.6 Å². The standard InChI is InChI=1S/C25H32N2O6S/c1-17-5-7-19(34(29,30)27-24(2,3)4)14-20(17)23(28)26-15-25(9-11-31-12-10-25)18-6-8-21-22(13-18)33-16-32-21/h5-8,13-14,27H,9-12,15-16H2,1-4H3,(H,26,28). The Balaban J connectivity index is 1.57. The Kier molecular flexibility index (Phi) is 6.63. The van der Waals surface area contributed by atoms with Gasteiger partial charge in [0.1, 0.15) is 0 Å². The highest BCUT2D eigenvalue weighted by atomic mass is 32.2. The van der Waals surface area contributed by atoms with E-state index in [9.17, 15) is 13.2 Å². The minimum atomic E-state index is -3.76. The van der Waals surface area contributed by atoms with Gasteiger partial charge in [0.25, 0.3) is 5.91 Å². The van der Waals surface area contributed by atoms with Crippen LogP contribution in [0.1, 0.15) is 55.1 Å². The molecule has 0 bridgehead atoms. The van der Waals surface area contributed by atoms with E-state index >= 15 is 0 Å². The topological polar surface area (TPSA) is 103 Å². The molecule has 2 aliphatic rings. The van der Waals surface area contributed by atoms with Gasteiger partial charge in [-0.25, -0.2) is 13.1 Å². The van der Waals surface area contributed by atoms with E-state index in [4.69, 9.17) is 14.2 Å². The van der Waals surface area contributed by atoms with Gasteiger partial charge in [0.05, 0.1) is 4.90 Å². The summed E-state index contributed by atoms with van der Waals surface area (Å²) in [5.41, 5.74) is 1.15. The lowest BCUT2D eigenvalue weighted by molar-refractivity contribution is 0.0486. The largest absolute Gasteiger partial charge is 0.454 e. The summed E-state index contributed by atoms with van der Waals surface area (Å²) in [6.45, 7) is 8.90. The maximum absolute atomic E-state index is 13.2. The molecule has 4 rings (SSSR count).